The van der Waals surface area contributed by atoms with Crippen molar-refractivity contribution < 1.29 is 0 Å². The molecule has 2 rings (SSSR count). The van der Waals surface area contributed by atoms with Gasteiger partial charge in [0.1, 0.15) is 6.07 Å². The second-order valence-corrected chi connectivity index (χ2v) is 4.04. The molecule has 4 nitrogen and oxygen atoms in total. The highest BCUT2D eigenvalue weighted by Gasteiger charge is 2.21. The zero-order chi connectivity index (χ0) is 11.4. The standard InChI is InChI=1S/C12H16N4/c1-14-12-4-2-3-5-16(12)11-6-10(7-13)8-15-9-11/h6,8-9,12,14H,2-5H2,1H3. The highest BCUT2D eigenvalue weighted by atomic mass is 15.3. The SMILES string of the molecule is CNC1CCCCN1c1cncc(C#N)c1. The van der Waals surface area contributed by atoms with Gasteiger partial charge in [-0.05, 0) is 32.4 Å². The van der Waals surface area contributed by atoms with Gasteiger partial charge in [0.05, 0.1) is 23.6 Å². The minimum atomic E-state index is 0.365. The van der Waals surface area contributed by atoms with Gasteiger partial charge in [-0.3, -0.25) is 4.98 Å². The van der Waals surface area contributed by atoms with Gasteiger partial charge in [-0.25, -0.2) is 0 Å². The maximum Gasteiger partial charge on any atom is 0.101 e. The molecule has 1 aliphatic rings. The Morgan fingerprint density at radius 3 is 3.12 bits per heavy atom. The summed E-state index contributed by atoms with van der Waals surface area (Å²) in [5.74, 6) is 0. The van der Waals surface area contributed by atoms with E-state index in [1.807, 2.05) is 19.3 Å². The van der Waals surface area contributed by atoms with Crippen molar-refractivity contribution in [3.8, 4) is 6.07 Å². The Labute approximate surface area is 95.9 Å². The van der Waals surface area contributed by atoms with Crippen LogP contribution in [0.2, 0.25) is 0 Å². The minimum Gasteiger partial charge on any atom is -0.355 e. The fraction of sp³-hybridized carbons (Fsp3) is 0.500. The molecule has 1 fully saturated rings. The van der Waals surface area contributed by atoms with E-state index in [0.29, 0.717) is 11.7 Å². The molecule has 1 saturated heterocycles. The molecule has 1 N–H and O–H groups in total. The normalized spacial score (nSPS) is 20.5. The Bertz CT molecular complexity index is 396. The summed E-state index contributed by atoms with van der Waals surface area (Å²) in [5, 5.41) is 12.2. The van der Waals surface area contributed by atoms with E-state index in [2.05, 4.69) is 21.3 Å². The van der Waals surface area contributed by atoms with E-state index in [9.17, 15) is 0 Å². The second kappa shape index (κ2) is 4.95. The quantitative estimate of drug-likeness (QED) is 0.813. The number of rotatable bonds is 2. The number of hydrogen-bond acceptors (Lipinski definition) is 4. The molecule has 1 unspecified atom stereocenters. The van der Waals surface area contributed by atoms with Gasteiger partial charge < -0.3 is 10.2 Å². The summed E-state index contributed by atoms with van der Waals surface area (Å²) in [6.07, 6.45) is 7.40. The van der Waals surface area contributed by atoms with Crippen molar-refractivity contribution in [3.63, 3.8) is 0 Å². The van der Waals surface area contributed by atoms with Crippen LogP contribution in [0, 0.1) is 11.3 Å². The average molecular weight is 216 g/mol. The van der Waals surface area contributed by atoms with E-state index in [4.69, 9.17) is 5.26 Å². The number of piperidine rings is 1. The largest absolute Gasteiger partial charge is 0.355 e. The van der Waals surface area contributed by atoms with Crippen molar-refractivity contribution in [2.24, 2.45) is 0 Å². The van der Waals surface area contributed by atoms with Crippen molar-refractivity contribution in [2.75, 3.05) is 18.5 Å². The first-order valence-corrected chi connectivity index (χ1v) is 5.64. The van der Waals surface area contributed by atoms with Gasteiger partial charge in [-0.15, -0.1) is 0 Å². The van der Waals surface area contributed by atoms with Crippen LogP contribution in [0.15, 0.2) is 18.5 Å². The van der Waals surface area contributed by atoms with Crippen LogP contribution in [-0.2, 0) is 0 Å². The molecule has 0 bridgehead atoms. The molecule has 84 valence electrons. The van der Waals surface area contributed by atoms with Gasteiger partial charge in [0.25, 0.3) is 0 Å². The van der Waals surface area contributed by atoms with Crippen LogP contribution in [-0.4, -0.2) is 24.7 Å². The monoisotopic (exact) mass is 216 g/mol. The Kier molecular flexibility index (Phi) is 3.37. The summed E-state index contributed by atoms with van der Waals surface area (Å²) in [6.45, 7) is 1.03. The van der Waals surface area contributed by atoms with Crippen LogP contribution < -0.4 is 10.2 Å². The number of nitriles is 1. The van der Waals surface area contributed by atoms with E-state index in [1.54, 1.807) is 6.20 Å². The first-order chi connectivity index (χ1) is 7.85. The highest BCUT2D eigenvalue weighted by Crippen LogP contribution is 2.23. The van der Waals surface area contributed by atoms with E-state index in [0.717, 1.165) is 18.7 Å². The van der Waals surface area contributed by atoms with Crippen molar-refractivity contribution >= 4 is 5.69 Å². The van der Waals surface area contributed by atoms with Crippen molar-refractivity contribution in [2.45, 2.75) is 25.4 Å². The van der Waals surface area contributed by atoms with Crippen LogP contribution in [0.5, 0.6) is 0 Å². The molecule has 1 atom stereocenters. The maximum atomic E-state index is 8.86. The predicted molar refractivity (Wildman–Crippen MR) is 63.0 cm³/mol. The first-order valence-electron chi connectivity index (χ1n) is 5.64. The van der Waals surface area contributed by atoms with E-state index in [-0.39, 0.29) is 0 Å². The van der Waals surface area contributed by atoms with Gasteiger partial charge in [0.2, 0.25) is 0 Å². The molecule has 1 aromatic heterocycles. The lowest BCUT2D eigenvalue weighted by molar-refractivity contribution is 0.418. The van der Waals surface area contributed by atoms with Crippen LogP contribution in [0.3, 0.4) is 0 Å². The summed E-state index contributed by atoms with van der Waals surface area (Å²) in [5.41, 5.74) is 1.66. The number of aromatic nitrogens is 1. The summed E-state index contributed by atoms with van der Waals surface area (Å²) in [6, 6.07) is 4.04. The van der Waals surface area contributed by atoms with E-state index < -0.39 is 0 Å². The number of pyridine rings is 1. The smallest absolute Gasteiger partial charge is 0.101 e. The topological polar surface area (TPSA) is 52.0 Å². The molecule has 0 radical (unpaired) electrons. The van der Waals surface area contributed by atoms with Crippen LogP contribution >= 0.6 is 0 Å². The zero-order valence-corrected chi connectivity index (χ0v) is 9.48. The van der Waals surface area contributed by atoms with Crippen molar-refractivity contribution in [3.05, 3.63) is 24.0 Å². The van der Waals surface area contributed by atoms with Gasteiger partial charge in [-0.1, -0.05) is 0 Å². The minimum absolute atomic E-state index is 0.365. The second-order valence-electron chi connectivity index (χ2n) is 4.04. The highest BCUT2D eigenvalue weighted by molar-refractivity contribution is 5.49. The third kappa shape index (κ3) is 2.15. The average Bonchev–Trinajstić information content (AvgIpc) is 2.38. The van der Waals surface area contributed by atoms with Gasteiger partial charge in [0.15, 0.2) is 0 Å². The first kappa shape index (κ1) is 10.9. The Morgan fingerprint density at radius 1 is 1.50 bits per heavy atom. The molecule has 0 aliphatic carbocycles. The molecule has 0 spiro atoms. The summed E-state index contributed by atoms with van der Waals surface area (Å²) >= 11 is 0. The van der Waals surface area contributed by atoms with Crippen LogP contribution in [0.4, 0.5) is 5.69 Å². The summed E-state index contributed by atoms with van der Waals surface area (Å²) in [7, 11) is 1.98. The fourth-order valence-corrected chi connectivity index (χ4v) is 2.19. The Balaban J connectivity index is 2.24. The molecule has 1 aromatic rings. The molecule has 16 heavy (non-hydrogen) atoms. The third-order valence-corrected chi connectivity index (χ3v) is 3.02. The lowest BCUT2D eigenvalue weighted by atomic mass is 10.1. The number of nitrogens with zero attached hydrogens (tertiary/aromatic N) is 3. The van der Waals surface area contributed by atoms with Gasteiger partial charge >= 0.3 is 0 Å². The van der Waals surface area contributed by atoms with Crippen molar-refractivity contribution in [1.82, 2.24) is 10.3 Å². The van der Waals surface area contributed by atoms with Crippen molar-refractivity contribution in [1.29, 1.82) is 5.26 Å². The zero-order valence-electron chi connectivity index (χ0n) is 9.48. The van der Waals surface area contributed by atoms with Crippen LogP contribution in [0.25, 0.3) is 0 Å². The molecule has 0 aromatic carbocycles. The summed E-state index contributed by atoms with van der Waals surface area (Å²) < 4.78 is 0. The fourth-order valence-electron chi connectivity index (χ4n) is 2.19. The summed E-state index contributed by atoms with van der Waals surface area (Å²) in [4.78, 5) is 6.40. The lowest BCUT2D eigenvalue weighted by Gasteiger charge is -2.37. The third-order valence-electron chi connectivity index (χ3n) is 3.02. The molecular weight excluding hydrogens is 200 g/mol. The maximum absolute atomic E-state index is 8.86. The molecule has 1 aliphatic heterocycles. The molecular formula is C12H16N4. The molecule has 4 heteroatoms. The number of hydrogen-bond donors (Lipinski definition) is 1. The van der Waals surface area contributed by atoms with E-state index in [1.165, 1.54) is 12.8 Å². The number of nitrogens with one attached hydrogen (secondary N) is 1. The Morgan fingerprint density at radius 2 is 2.38 bits per heavy atom. The van der Waals surface area contributed by atoms with E-state index >= 15 is 0 Å². The lowest BCUT2D eigenvalue weighted by Crippen LogP contribution is -2.47. The Hall–Kier alpha value is -1.60. The molecule has 0 amide bonds. The number of anilines is 1. The molecule has 0 saturated carbocycles. The van der Waals surface area contributed by atoms with Crippen LogP contribution in [0.1, 0.15) is 24.8 Å². The van der Waals surface area contributed by atoms with Gasteiger partial charge in [-0.2, -0.15) is 5.26 Å². The van der Waals surface area contributed by atoms with Gasteiger partial charge in [0, 0.05) is 12.7 Å². The predicted octanol–water partition coefficient (Wildman–Crippen LogP) is 1.49. The molecule has 2 heterocycles.